The third-order valence-electron chi connectivity index (χ3n) is 3.83. The number of nitrogens with zero attached hydrogens (tertiary/aromatic N) is 1. The van der Waals surface area contributed by atoms with E-state index < -0.39 is 0 Å². The van der Waals surface area contributed by atoms with Crippen LogP contribution in [0.1, 0.15) is 15.9 Å². The fourth-order valence-electron chi connectivity index (χ4n) is 2.56. The zero-order valence-electron chi connectivity index (χ0n) is 12.6. The zero-order valence-corrected chi connectivity index (χ0v) is 14.1. The molecule has 1 heterocycles. The summed E-state index contributed by atoms with van der Waals surface area (Å²) >= 11 is 3.25. The van der Waals surface area contributed by atoms with Gasteiger partial charge in [-0.05, 0) is 57.4 Å². The van der Waals surface area contributed by atoms with Gasteiger partial charge in [-0.3, -0.25) is 4.79 Å². The van der Waals surface area contributed by atoms with Gasteiger partial charge in [-0.15, -0.1) is 0 Å². The quantitative estimate of drug-likeness (QED) is 0.806. The Bertz CT molecular complexity index is 771. The number of hydrogen-bond acceptors (Lipinski definition) is 2. The molecule has 1 aliphatic rings. The lowest BCUT2D eigenvalue weighted by Crippen LogP contribution is -2.29. The van der Waals surface area contributed by atoms with E-state index in [9.17, 15) is 9.18 Å². The molecule has 2 aromatic rings. The van der Waals surface area contributed by atoms with Crippen LogP contribution in [-0.2, 0) is 0 Å². The Morgan fingerprint density at radius 1 is 1.22 bits per heavy atom. The smallest absolute Gasteiger partial charge is 0.255 e. The van der Waals surface area contributed by atoms with E-state index in [0.717, 1.165) is 16.9 Å². The van der Waals surface area contributed by atoms with Gasteiger partial charge in [0.1, 0.15) is 11.6 Å². The standard InChI is InChI=1S/C18H15BrFNO2/c1-23-15-5-2-12(3-6-15)13-8-9-21(11-13)18(22)16-7-4-14(20)10-17(16)19/h2-8,10H,9,11H2,1H3. The second kappa shape index (κ2) is 6.54. The van der Waals surface area contributed by atoms with Gasteiger partial charge in [0.15, 0.2) is 0 Å². The second-order valence-electron chi connectivity index (χ2n) is 5.27. The predicted molar refractivity (Wildman–Crippen MR) is 91.0 cm³/mol. The number of hydrogen-bond donors (Lipinski definition) is 0. The van der Waals surface area contributed by atoms with Crippen LogP contribution < -0.4 is 4.74 Å². The summed E-state index contributed by atoms with van der Waals surface area (Å²) in [5, 5.41) is 0. The minimum Gasteiger partial charge on any atom is -0.497 e. The van der Waals surface area contributed by atoms with Crippen LogP contribution in [0.2, 0.25) is 0 Å². The fourth-order valence-corrected chi connectivity index (χ4v) is 3.08. The Morgan fingerprint density at radius 3 is 2.61 bits per heavy atom. The molecule has 0 bridgehead atoms. The normalized spacial score (nSPS) is 13.9. The van der Waals surface area contributed by atoms with Gasteiger partial charge in [-0.25, -0.2) is 4.39 Å². The Balaban J connectivity index is 1.74. The van der Waals surface area contributed by atoms with Crippen LogP contribution >= 0.6 is 15.9 Å². The number of methoxy groups -OCH3 is 1. The molecule has 23 heavy (non-hydrogen) atoms. The third-order valence-corrected chi connectivity index (χ3v) is 4.48. The van der Waals surface area contributed by atoms with Crippen molar-refractivity contribution in [3.8, 4) is 5.75 Å². The highest BCUT2D eigenvalue weighted by atomic mass is 79.9. The van der Waals surface area contributed by atoms with E-state index >= 15 is 0 Å². The van der Waals surface area contributed by atoms with Crippen LogP contribution in [0.4, 0.5) is 4.39 Å². The maximum absolute atomic E-state index is 13.2. The lowest BCUT2D eigenvalue weighted by molar-refractivity contribution is 0.0800. The number of carbonyl (C=O) groups excluding carboxylic acids is 1. The fraction of sp³-hybridized carbons (Fsp3) is 0.167. The zero-order chi connectivity index (χ0) is 16.4. The van der Waals surface area contributed by atoms with Crippen LogP contribution in [-0.4, -0.2) is 31.0 Å². The van der Waals surface area contributed by atoms with Crippen molar-refractivity contribution >= 4 is 27.4 Å². The number of halogens is 2. The maximum Gasteiger partial charge on any atom is 0.255 e. The average molecular weight is 376 g/mol. The van der Waals surface area contributed by atoms with E-state index in [4.69, 9.17) is 4.74 Å². The van der Waals surface area contributed by atoms with Crippen LogP contribution in [0.25, 0.3) is 5.57 Å². The molecule has 0 saturated heterocycles. The molecule has 0 unspecified atom stereocenters. The molecule has 5 heteroatoms. The monoisotopic (exact) mass is 375 g/mol. The van der Waals surface area contributed by atoms with Crippen LogP contribution in [0.5, 0.6) is 5.75 Å². The lowest BCUT2D eigenvalue weighted by Gasteiger charge is -2.17. The highest BCUT2D eigenvalue weighted by molar-refractivity contribution is 9.10. The van der Waals surface area contributed by atoms with Gasteiger partial charge >= 0.3 is 0 Å². The molecule has 0 saturated carbocycles. The molecule has 118 valence electrons. The Kier molecular flexibility index (Phi) is 4.48. The van der Waals surface area contributed by atoms with Crippen molar-refractivity contribution in [2.75, 3.05) is 20.2 Å². The van der Waals surface area contributed by atoms with Crippen LogP contribution in [0.15, 0.2) is 53.0 Å². The van der Waals surface area contributed by atoms with Crippen molar-refractivity contribution < 1.29 is 13.9 Å². The van der Waals surface area contributed by atoms with Crippen molar-refractivity contribution in [3.05, 3.63) is 70.0 Å². The number of amides is 1. The summed E-state index contributed by atoms with van der Waals surface area (Å²) in [4.78, 5) is 14.3. The van der Waals surface area contributed by atoms with Crippen molar-refractivity contribution in [2.45, 2.75) is 0 Å². The summed E-state index contributed by atoms with van der Waals surface area (Å²) in [5.74, 6) is 0.319. The lowest BCUT2D eigenvalue weighted by atomic mass is 10.1. The van der Waals surface area contributed by atoms with E-state index in [-0.39, 0.29) is 11.7 Å². The molecule has 0 atom stereocenters. The minimum absolute atomic E-state index is 0.114. The maximum atomic E-state index is 13.2. The van der Waals surface area contributed by atoms with Gasteiger partial charge < -0.3 is 9.64 Å². The molecule has 0 N–H and O–H groups in total. The first kappa shape index (κ1) is 15.7. The van der Waals surface area contributed by atoms with Crippen molar-refractivity contribution in [1.29, 1.82) is 0 Å². The summed E-state index contributed by atoms with van der Waals surface area (Å²) in [6, 6.07) is 11.9. The Hall–Kier alpha value is -2.14. The summed E-state index contributed by atoms with van der Waals surface area (Å²) in [6.07, 6.45) is 2.04. The van der Waals surface area contributed by atoms with Crippen LogP contribution in [0, 0.1) is 5.82 Å². The molecule has 0 spiro atoms. The number of rotatable bonds is 3. The first-order valence-electron chi connectivity index (χ1n) is 7.16. The Labute approximate surface area is 142 Å². The highest BCUT2D eigenvalue weighted by Gasteiger charge is 2.23. The highest BCUT2D eigenvalue weighted by Crippen LogP contribution is 2.26. The van der Waals surface area contributed by atoms with Crippen LogP contribution in [0.3, 0.4) is 0 Å². The van der Waals surface area contributed by atoms with E-state index in [1.807, 2.05) is 30.3 Å². The average Bonchev–Trinajstić information content (AvgIpc) is 3.04. The van der Waals surface area contributed by atoms with Crippen molar-refractivity contribution in [3.63, 3.8) is 0 Å². The number of benzene rings is 2. The molecule has 1 amide bonds. The molecule has 0 aromatic heterocycles. The van der Waals surface area contributed by atoms with Gasteiger partial charge in [0.25, 0.3) is 5.91 Å². The molecule has 1 aliphatic heterocycles. The van der Waals surface area contributed by atoms with Gasteiger partial charge in [-0.2, -0.15) is 0 Å². The van der Waals surface area contributed by atoms with E-state index in [1.54, 1.807) is 12.0 Å². The summed E-state index contributed by atoms with van der Waals surface area (Å²) in [7, 11) is 1.63. The summed E-state index contributed by atoms with van der Waals surface area (Å²) < 4.78 is 18.8. The van der Waals surface area contributed by atoms with Crippen molar-refractivity contribution in [2.24, 2.45) is 0 Å². The molecular weight excluding hydrogens is 361 g/mol. The third kappa shape index (κ3) is 3.29. The molecule has 0 aliphatic carbocycles. The summed E-state index contributed by atoms with van der Waals surface area (Å²) in [5.41, 5.74) is 2.63. The Morgan fingerprint density at radius 2 is 1.96 bits per heavy atom. The SMILES string of the molecule is COc1ccc(C2=CCN(C(=O)c3ccc(F)cc3Br)C2)cc1. The summed E-state index contributed by atoms with van der Waals surface area (Å²) in [6.45, 7) is 1.08. The van der Waals surface area contributed by atoms with Gasteiger partial charge in [0, 0.05) is 17.6 Å². The van der Waals surface area contributed by atoms with E-state index in [2.05, 4.69) is 15.9 Å². The molecule has 0 radical (unpaired) electrons. The molecule has 0 fully saturated rings. The number of carbonyl (C=O) groups is 1. The topological polar surface area (TPSA) is 29.5 Å². The first-order valence-corrected chi connectivity index (χ1v) is 7.95. The molecule has 2 aromatic carbocycles. The second-order valence-corrected chi connectivity index (χ2v) is 6.12. The molecular formula is C18H15BrFNO2. The van der Waals surface area contributed by atoms with E-state index in [0.29, 0.717) is 23.1 Å². The molecule has 3 nitrogen and oxygen atoms in total. The molecule has 3 rings (SSSR count). The van der Waals surface area contributed by atoms with Crippen molar-refractivity contribution in [1.82, 2.24) is 4.90 Å². The first-order chi connectivity index (χ1) is 11.1. The van der Waals surface area contributed by atoms with Gasteiger partial charge in [0.05, 0.1) is 12.7 Å². The predicted octanol–water partition coefficient (Wildman–Crippen LogP) is 4.14. The van der Waals surface area contributed by atoms with E-state index in [1.165, 1.54) is 18.2 Å². The largest absolute Gasteiger partial charge is 0.497 e. The van der Waals surface area contributed by atoms with Gasteiger partial charge in [0.2, 0.25) is 0 Å². The minimum atomic E-state index is -0.369. The van der Waals surface area contributed by atoms with Gasteiger partial charge in [-0.1, -0.05) is 18.2 Å². The number of ether oxygens (including phenoxy) is 1.